The van der Waals surface area contributed by atoms with Gasteiger partial charge >= 0.3 is 0 Å². The molecule has 0 fully saturated rings. The van der Waals surface area contributed by atoms with E-state index in [0.29, 0.717) is 64.8 Å². The Balaban J connectivity index is 1.22. The third-order valence-corrected chi connectivity index (χ3v) is 11.7. The summed E-state index contributed by atoms with van der Waals surface area (Å²) in [6.45, 7) is 15.2. The van der Waals surface area contributed by atoms with Crippen LogP contribution >= 0.6 is 11.3 Å². The molecular weight excluding hydrogens is 813 g/mol. The van der Waals surface area contributed by atoms with E-state index >= 15 is 0 Å². The molecule has 5 amide bonds. The summed E-state index contributed by atoms with van der Waals surface area (Å²) in [5.41, 5.74) is 5.29. The maximum atomic E-state index is 13.4. The molecule has 1 aromatic heterocycles. The van der Waals surface area contributed by atoms with E-state index in [1.165, 1.54) is 29.0 Å². The summed E-state index contributed by atoms with van der Waals surface area (Å²) >= 11 is 1.69. The van der Waals surface area contributed by atoms with Crippen molar-refractivity contribution in [3.8, 4) is 5.75 Å². The fourth-order valence-electron chi connectivity index (χ4n) is 6.75. The first-order valence-electron chi connectivity index (χ1n) is 20.7. The number of aliphatic imine (C=N–C) groups is 1. The molecule has 4 rings (SSSR count). The largest absolute Gasteiger partial charge is 0.483 e. The number of rotatable bonds is 23. The summed E-state index contributed by atoms with van der Waals surface area (Å²) in [5, 5.41) is 17.1. The fourth-order valence-corrected chi connectivity index (χ4v) is 7.94. The number of imide groups is 1. The molecule has 0 spiro atoms. The molecule has 3 N–H and O–H groups in total. The van der Waals surface area contributed by atoms with Gasteiger partial charge in [0.2, 0.25) is 18.2 Å². The monoisotopic (exact) mass is 870 g/mol. The van der Waals surface area contributed by atoms with Gasteiger partial charge in [0.15, 0.2) is 12.9 Å². The maximum absolute atomic E-state index is 13.4. The van der Waals surface area contributed by atoms with Crippen LogP contribution in [0.25, 0.3) is 0 Å². The molecule has 0 saturated heterocycles. The average molecular weight is 871 g/mol. The number of carbonyl (C=O) groups is 6. The summed E-state index contributed by atoms with van der Waals surface area (Å²) in [4.78, 5) is 83.3. The molecule has 0 aliphatic carbocycles. The van der Waals surface area contributed by atoms with Gasteiger partial charge in [-0.15, -0.1) is 16.4 Å². The van der Waals surface area contributed by atoms with Gasteiger partial charge in [-0.05, 0) is 58.6 Å². The van der Waals surface area contributed by atoms with E-state index in [1.54, 1.807) is 24.3 Å². The molecule has 16 nitrogen and oxygen atoms in total. The number of nitrogens with zero attached hydrogens (tertiary/aromatic N) is 5. The number of benzene rings is 2. The molecular formula is C45H58N8O8S. The van der Waals surface area contributed by atoms with E-state index in [0.717, 1.165) is 38.8 Å². The molecule has 0 radical (unpaired) electrons. The van der Waals surface area contributed by atoms with E-state index < -0.39 is 23.8 Å². The number of anilines is 1. The van der Waals surface area contributed by atoms with Gasteiger partial charge in [-0.1, -0.05) is 48.9 Å². The zero-order valence-corrected chi connectivity index (χ0v) is 37.3. The van der Waals surface area contributed by atoms with Gasteiger partial charge in [-0.3, -0.25) is 39.1 Å². The second kappa shape index (κ2) is 24.4. The quantitative estimate of drug-likeness (QED) is 0.0388. The van der Waals surface area contributed by atoms with Crippen molar-refractivity contribution in [3.63, 3.8) is 0 Å². The number of aryl methyl sites for hydroxylation is 2. The Hall–Kier alpha value is -6.07. The van der Waals surface area contributed by atoms with Gasteiger partial charge in [0.05, 0.1) is 23.7 Å². The van der Waals surface area contributed by atoms with Gasteiger partial charge in [-0.2, -0.15) is 5.10 Å². The van der Waals surface area contributed by atoms with Crippen molar-refractivity contribution in [2.24, 2.45) is 15.2 Å². The van der Waals surface area contributed by atoms with Crippen molar-refractivity contribution in [1.82, 2.24) is 20.9 Å². The van der Waals surface area contributed by atoms with Crippen molar-refractivity contribution in [1.29, 1.82) is 0 Å². The van der Waals surface area contributed by atoms with Crippen LogP contribution in [-0.4, -0.2) is 118 Å². The van der Waals surface area contributed by atoms with Gasteiger partial charge in [0.25, 0.3) is 11.8 Å². The van der Waals surface area contributed by atoms with E-state index in [-0.39, 0.29) is 54.7 Å². The summed E-state index contributed by atoms with van der Waals surface area (Å²) in [5.74, 6) is -0.690. The van der Waals surface area contributed by atoms with Gasteiger partial charge in [-0.25, -0.2) is 0 Å². The molecule has 3 aromatic rings. The number of fused-ring (bicyclic) bond motifs is 1. The number of amidine groups is 1. The highest BCUT2D eigenvalue weighted by Gasteiger charge is 2.32. The molecule has 2 aromatic carbocycles. The minimum absolute atomic E-state index is 0.00301. The van der Waals surface area contributed by atoms with Crippen LogP contribution in [0.5, 0.6) is 5.75 Å². The Morgan fingerprint density at radius 3 is 2.35 bits per heavy atom. The number of nitrogens with one attached hydrogen (secondary N) is 3. The Kier molecular flexibility index (Phi) is 19.1. The Labute approximate surface area is 367 Å². The zero-order chi connectivity index (χ0) is 45.2. The first kappa shape index (κ1) is 48.6. The Morgan fingerprint density at radius 1 is 1.02 bits per heavy atom. The number of hydrogen-bond acceptors (Lipinski definition) is 12. The smallest absolute Gasteiger partial charge is 0.258 e. The average Bonchev–Trinajstić information content (AvgIpc) is 3.46. The van der Waals surface area contributed by atoms with Crippen LogP contribution in [0.4, 0.5) is 5.00 Å². The van der Waals surface area contributed by atoms with Gasteiger partial charge < -0.3 is 29.9 Å². The molecule has 1 unspecified atom stereocenters. The maximum Gasteiger partial charge on any atom is 0.258 e. The van der Waals surface area contributed by atoms with Crippen LogP contribution in [0.1, 0.15) is 100 Å². The predicted molar refractivity (Wildman–Crippen MR) is 242 cm³/mol. The zero-order valence-electron chi connectivity index (χ0n) is 36.5. The molecule has 332 valence electrons. The van der Waals surface area contributed by atoms with Crippen molar-refractivity contribution in [2.45, 2.75) is 85.2 Å². The minimum Gasteiger partial charge on any atom is -0.483 e. The number of thiophene rings is 1. The Morgan fingerprint density at radius 2 is 1.71 bits per heavy atom. The van der Waals surface area contributed by atoms with E-state index in [1.807, 2.05) is 13.8 Å². The van der Waals surface area contributed by atoms with Crippen LogP contribution < -0.4 is 25.6 Å². The van der Waals surface area contributed by atoms with Gasteiger partial charge in [0, 0.05) is 87.1 Å². The Bertz CT molecular complexity index is 2130. The lowest BCUT2D eigenvalue weighted by Gasteiger charge is -2.26. The second-order valence-electron chi connectivity index (χ2n) is 14.9. The number of carbonyl (C=O) groups excluding carboxylic acids is 6. The lowest BCUT2D eigenvalue weighted by Crippen LogP contribution is -2.38. The van der Waals surface area contributed by atoms with Crippen molar-refractivity contribution >= 4 is 70.9 Å². The fraction of sp³-hybridized carbons (Fsp3) is 0.444. The van der Waals surface area contributed by atoms with Crippen molar-refractivity contribution in [3.05, 3.63) is 80.7 Å². The predicted octanol–water partition coefficient (Wildman–Crippen LogP) is 4.95. The van der Waals surface area contributed by atoms with Crippen LogP contribution in [0.2, 0.25) is 0 Å². The number of amides is 5. The molecule has 2 atom stereocenters. The molecule has 0 saturated carbocycles. The topological polar surface area (TPSA) is 201 Å². The lowest BCUT2D eigenvalue weighted by molar-refractivity contribution is -0.126. The van der Waals surface area contributed by atoms with Crippen LogP contribution in [0.3, 0.4) is 0 Å². The highest BCUT2D eigenvalue weighted by Crippen LogP contribution is 2.40. The van der Waals surface area contributed by atoms with Crippen LogP contribution in [0, 0.1) is 20.8 Å². The number of aldehydes is 1. The number of hydrogen-bond donors (Lipinski definition) is 3. The number of ether oxygens (including phenoxy) is 2. The summed E-state index contributed by atoms with van der Waals surface area (Å²) in [6.07, 6.45) is 3.08. The normalized spacial score (nSPS) is 14.1. The highest BCUT2D eigenvalue weighted by molar-refractivity contribution is 7.17. The minimum atomic E-state index is -0.517. The molecule has 17 heteroatoms. The van der Waals surface area contributed by atoms with Crippen LogP contribution in [-0.2, 0) is 23.9 Å². The molecule has 1 aliphatic heterocycles. The SMILES string of the molecule is C=N/N=C(/CC)N1C[C@H](CC(=O)NCCCOCCCNC(=O)COc2cccc(C=O)c2C(=O)N(C)C(C)CCC(=O)NC=O)N=C(c2ccc(C)cc2)c2c1sc(C)c2C. The lowest BCUT2D eigenvalue weighted by atomic mass is 9.99. The van der Waals surface area contributed by atoms with Gasteiger partial charge in [0.1, 0.15) is 16.6 Å². The molecule has 1 aliphatic rings. The van der Waals surface area contributed by atoms with Crippen molar-refractivity contribution in [2.75, 3.05) is 51.4 Å². The highest BCUT2D eigenvalue weighted by atomic mass is 32.1. The van der Waals surface area contributed by atoms with E-state index in [2.05, 4.69) is 75.9 Å². The second-order valence-corrected chi connectivity index (χ2v) is 16.1. The first-order chi connectivity index (χ1) is 29.8. The summed E-state index contributed by atoms with van der Waals surface area (Å²) in [7, 11) is 1.54. The standard InChI is InChI=1S/C45H58N8O8S/c1-8-37(51-46-6)53-25-35(50-43(33-17-14-29(2)15-18-33)41-31(4)32(5)62-45(41)53)24-39(57)47-20-10-22-60-23-11-21-48-40(58)27-61-36-13-9-12-34(26-54)42(36)44(59)52(7)30(3)16-19-38(56)49-28-55/h9,12-15,17-18,26,28,30,35H,6,8,10-11,16,19-25,27H2,1-5,7H3,(H,47,57)(H,48,58)(H,49,55,56)/b51-37-/t30?,35-/m0/s1. The molecule has 2 heterocycles. The van der Waals surface area contributed by atoms with Crippen LogP contribution in [0.15, 0.2) is 57.7 Å². The molecule has 0 bridgehead atoms. The van der Waals surface area contributed by atoms with E-state index in [4.69, 9.17) is 14.5 Å². The third kappa shape index (κ3) is 13.5. The molecule has 62 heavy (non-hydrogen) atoms. The van der Waals surface area contributed by atoms with Crippen molar-refractivity contribution < 1.29 is 38.2 Å². The first-order valence-corrected chi connectivity index (χ1v) is 21.5. The van der Waals surface area contributed by atoms with E-state index in [9.17, 15) is 28.8 Å². The third-order valence-electron chi connectivity index (χ3n) is 10.4. The summed E-state index contributed by atoms with van der Waals surface area (Å²) in [6, 6.07) is 12.1. The summed E-state index contributed by atoms with van der Waals surface area (Å²) < 4.78 is 11.4.